The Labute approximate surface area is 118 Å². The fourth-order valence-corrected chi connectivity index (χ4v) is 2.83. The molecule has 4 nitrogen and oxygen atoms in total. The third kappa shape index (κ3) is 3.75. The number of nitrogens with zero attached hydrogens (tertiary/aromatic N) is 1. The molecule has 19 heavy (non-hydrogen) atoms. The molecule has 0 amide bonds. The van der Waals surface area contributed by atoms with Gasteiger partial charge in [-0.2, -0.15) is 0 Å². The van der Waals surface area contributed by atoms with Crippen molar-refractivity contribution in [2.24, 2.45) is 0 Å². The maximum Gasteiger partial charge on any atom is 0.165 e. The molecule has 1 atom stereocenters. The largest absolute Gasteiger partial charge is 0.494 e. The van der Waals surface area contributed by atoms with Gasteiger partial charge in [0.25, 0.3) is 0 Å². The lowest BCUT2D eigenvalue weighted by atomic mass is 10.1. The smallest absolute Gasteiger partial charge is 0.165 e. The molecule has 0 fully saturated rings. The van der Waals surface area contributed by atoms with Crippen molar-refractivity contribution in [1.82, 2.24) is 15.3 Å². The molecule has 0 aliphatic rings. The number of para-hydroxylation sites is 1. The summed E-state index contributed by atoms with van der Waals surface area (Å²) in [7, 11) is 1.97. The Morgan fingerprint density at radius 1 is 1.42 bits per heavy atom. The van der Waals surface area contributed by atoms with Crippen LogP contribution in [0.5, 0.6) is 5.75 Å². The molecule has 2 N–H and O–H groups in total. The van der Waals surface area contributed by atoms with Crippen LogP contribution < -0.4 is 10.1 Å². The highest BCUT2D eigenvalue weighted by Crippen LogP contribution is 2.28. The van der Waals surface area contributed by atoms with E-state index in [1.54, 1.807) is 18.0 Å². The Morgan fingerprint density at radius 2 is 2.26 bits per heavy atom. The van der Waals surface area contributed by atoms with Gasteiger partial charge in [0.15, 0.2) is 5.16 Å². The van der Waals surface area contributed by atoms with Crippen molar-refractivity contribution in [2.45, 2.75) is 18.1 Å². The molecular formula is C14H19N3OS. The number of benzene rings is 1. The van der Waals surface area contributed by atoms with Gasteiger partial charge in [0, 0.05) is 29.8 Å². The Bertz CT molecular complexity index is 487. The molecule has 1 aromatic heterocycles. The van der Waals surface area contributed by atoms with Crippen LogP contribution in [-0.4, -0.2) is 29.4 Å². The van der Waals surface area contributed by atoms with Gasteiger partial charge in [-0.3, -0.25) is 0 Å². The summed E-state index contributed by atoms with van der Waals surface area (Å²) in [6, 6.07) is 8.40. The summed E-state index contributed by atoms with van der Waals surface area (Å²) in [5.74, 6) is 1.85. The van der Waals surface area contributed by atoms with Gasteiger partial charge in [0.1, 0.15) is 5.75 Å². The Balaban J connectivity index is 2.08. The number of aromatic nitrogens is 2. The van der Waals surface area contributed by atoms with E-state index in [1.165, 1.54) is 5.56 Å². The van der Waals surface area contributed by atoms with E-state index in [4.69, 9.17) is 4.74 Å². The molecule has 2 rings (SSSR count). The molecule has 5 heteroatoms. The van der Waals surface area contributed by atoms with E-state index in [1.807, 2.05) is 38.4 Å². The third-order valence-corrected chi connectivity index (χ3v) is 3.80. The first-order chi connectivity index (χ1) is 9.35. The zero-order valence-electron chi connectivity index (χ0n) is 11.2. The zero-order valence-corrected chi connectivity index (χ0v) is 12.0. The number of H-pyrrole nitrogens is 1. The molecule has 1 unspecified atom stereocenters. The predicted molar refractivity (Wildman–Crippen MR) is 78.7 cm³/mol. The van der Waals surface area contributed by atoms with Gasteiger partial charge in [-0.15, -0.1) is 0 Å². The number of ether oxygens (including phenoxy) is 1. The number of hydrogen-bond acceptors (Lipinski definition) is 4. The standard InChI is InChI=1S/C14H19N3OS/c1-3-18-13-7-5-4-6-11(13)12(15-2)10-19-14-16-8-9-17-14/h4-9,12,15H,3,10H2,1-2H3,(H,16,17). The van der Waals surface area contributed by atoms with Gasteiger partial charge in [0.2, 0.25) is 0 Å². The first-order valence-corrected chi connectivity index (χ1v) is 7.35. The van der Waals surface area contributed by atoms with E-state index >= 15 is 0 Å². The summed E-state index contributed by atoms with van der Waals surface area (Å²) in [4.78, 5) is 7.32. The summed E-state index contributed by atoms with van der Waals surface area (Å²) in [5.41, 5.74) is 1.19. The summed E-state index contributed by atoms with van der Waals surface area (Å²) in [6.07, 6.45) is 3.61. The lowest BCUT2D eigenvalue weighted by Crippen LogP contribution is -2.19. The Hall–Kier alpha value is -1.46. The van der Waals surface area contributed by atoms with Gasteiger partial charge in [-0.05, 0) is 20.0 Å². The van der Waals surface area contributed by atoms with E-state index in [0.29, 0.717) is 6.61 Å². The van der Waals surface area contributed by atoms with E-state index < -0.39 is 0 Å². The van der Waals surface area contributed by atoms with Gasteiger partial charge in [0.05, 0.1) is 6.61 Å². The zero-order chi connectivity index (χ0) is 13.5. The van der Waals surface area contributed by atoms with Crippen LogP contribution in [0.1, 0.15) is 18.5 Å². The number of imidazole rings is 1. The molecule has 0 radical (unpaired) electrons. The topological polar surface area (TPSA) is 49.9 Å². The fraction of sp³-hybridized carbons (Fsp3) is 0.357. The minimum atomic E-state index is 0.234. The molecule has 1 aromatic carbocycles. The summed E-state index contributed by atoms with van der Waals surface area (Å²) >= 11 is 1.70. The van der Waals surface area contributed by atoms with Crippen molar-refractivity contribution in [2.75, 3.05) is 19.4 Å². The van der Waals surface area contributed by atoms with Gasteiger partial charge >= 0.3 is 0 Å². The highest BCUT2D eigenvalue weighted by atomic mass is 32.2. The lowest BCUT2D eigenvalue weighted by Gasteiger charge is -2.19. The number of aromatic amines is 1. The van der Waals surface area contributed by atoms with Crippen LogP contribution in [0.25, 0.3) is 0 Å². The average Bonchev–Trinajstić information content (AvgIpc) is 2.95. The maximum atomic E-state index is 5.68. The SMILES string of the molecule is CCOc1ccccc1C(CSc1ncc[nH]1)NC. The number of rotatable bonds is 7. The van der Waals surface area contributed by atoms with Crippen LogP contribution in [-0.2, 0) is 0 Å². The van der Waals surface area contributed by atoms with E-state index in [9.17, 15) is 0 Å². The van der Waals surface area contributed by atoms with Crippen molar-refractivity contribution in [3.63, 3.8) is 0 Å². The minimum Gasteiger partial charge on any atom is -0.494 e. The van der Waals surface area contributed by atoms with Crippen LogP contribution in [0.3, 0.4) is 0 Å². The van der Waals surface area contributed by atoms with Crippen molar-refractivity contribution < 1.29 is 4.74 Å². The normalized spacial score (nSPS) is 12.3. The molecular weight excluding hydrogens is 258 g/mol. The van der Waals surface area contributed by atoms with Crippen LogP contribution in [0, 0.1) is 0 Å². The van der Waals surface area contributed by atoms with Crippen molar-refractivity contribution in [3.8, 4) is 5.75 Å². The molecule has 0 bridgehead atoms. The molecule has 0 saturated heterocycles. The van der Waals surface area contributed by atoms with Crippen LogP contribution in [0.15, 0.2) is 41.8 Å². The fourth-order valence-electron chi connectivity index (χ4n) is 1.88. The number of thioether (sulfide) groups is 1. The van der Waals surface area contributed by atoms with E-state index in [-0.39, 0.29) is 6.04 Å². The second-order valence-electron chi connectivity index (χ2n) is 4.02. The van der Waals surface area contributed by atoms with Crippen LogP contribution in [0.2, 0.25) is 0 Å². The molecule has 0 saturated carbocycles. The average molecular weight is 277 g/mol. The first-order valence-electron chi connectivity index (χ1n) is 6.36. The monoisotopic (exact) mass is 277 g/mol. The highest BCUT2D eigenvalue weighted by Gasteiger charge is 2.15. The molecule has 0 aliphatic carbocycles. The molecule has 0 aliphatic heterocycles. The quantitative estimate of drug-likeness (QED) is 0.764. The maximum absolute atomic E-state index is 5.68. The predicted octanol–water partition coefficient (Wildman–Crippen LogP) is 2.86. The third-order valence-electron chi connectivity index (χ3n) is 2.80. The summed E-state index contributed by atoms with van der Waals surface area (Å²) < 4.78 is 5.68. The highest BCUT2D eigenvalue weighted by molar-refractivity contribution is 7.99. The van der Waals surface area contributed by atoms with Gasteiger partial charge in [-0.25, -0.2) is 4.98 Å². The summed E-state index contributed by atoms with van der Waals surface area (Å²) in [5, 5.41) is 4.28. The second-order valence-corrected chi connectivity index (χ2v) is 5.03. The number of nitrogens with one attached hydrogen (secondary N) is 2. The van der Waals surface area contributed by atoms with Gasteiger partial charge < -0.3 is 15.0 Å². The molecule has 1 heterocycles. The first kappa shape index (κ1) is 14.0. The van der Waals surface area contributed by atoms with Crippen LogP contribution >= 0.6 is 11.8 Å². The molecule has 0 spiro atoms. The van der Waals surface area contributed by atoms with Crippen molar-refractivity contribution in [3.05, 3.63) is 42.2 Å². The van der Waals surface area contributed by atoms with Gasteiger partial charge in [-0.1, -0.05) is 30.0 Å². The Morgan fingerprint density at radius 3 is 2.95 bits per heavy atom. The summed E-state index contributed by atoms with van der Waals surface area (Å²) in [6.45, 7) is 2.68. The molecule has 102 valence electrons. The lowest BCUT2D eigenvalue weighted by molar-refractivity contribution is 0.333. The minimum absolute atomic E-state index is 0.234. The van der Waals surface area contributed by atoms with Crippen molar-refractivity contribution in [1.29, 1.82) is 0 Å². The van der Waals surface area contributed by atoms with Crippen molar-refractivity contribution >= 4 is 11.8 Å². The van der Waals surface area contributed by atoms with E-state index in [0.717, 1.165) is 16.7 Å². The van der Waals surface area contributed by atoms with E-state index in [2.05, 4.69) is 21.4 Å². The number of hydrogen-bond donors (Lipinski definition) is 2. The molecule has 2 aromatic rings. The Kier molecular flexibility index (Phi) is 5.30. The second kappa shape index (κ2) is 7.21. The van der Waals surface area contributed by atoms with Crippen LogP contribution in [0.4, 0.5) is 0 Å².